The number of H-pyrrole nitrogens is 1. The van der Waals surface area contributed by atoms with Gasteiger partial charge in [0.25, 0.3) is 5.91 Å². The molecule has 1 fully saturated rings. The van der Waals surface area contributed by atoms with Gasteiger partial charge in [0, 0.05) is 31.3 Å². The number of carboxylic acid groups (broad SMARTS) is 1. The standard InChI is InChI=1S/C16H25N3O4/c1-15(2,3)12-8-11(17-18-12)13(20)19-7-5-6-16(9-19,10-23-4)14(21)22/h8H,5-7,9-10H2,1-4H3,(H,17,18)(H,21,22). The number of nitrogens with zero attached hydrogens (tertiary/aromatic N) is 2. The minimum absolute atomic E-state index is 0.0971. The molecule has 7 heteroatoms. The van der Waals surface area contributed by atoms with Crippen LogP contribution in [0, 0.1) is 5.41 Å². The van der Waals surface area contributed by atoms with Crippen molar-refractivity contribution in [3.05, 3.63) is 17.5 Å². The number of ether oxygens (including phenoxy) is 1. The van der Waals surface area contributed by atoms with E-state index in [0.29, 0.717) is 25.1 Å². The van der Waals surface area contributed by atoms with Crippen LogP contribution in [0.3, 0.4) is 0 Å². The molecule has 128 valence electrons. The molecule has 1 amide bonds. The summed E-state index contributed by atoms with van der Waals surface area (Å²) in [7, 11) is 1.48. The van der Waals surface area contributed by atoms with Crippen molar-refractivity contribution in [2.75, 3.05) is 26.8 Å². The first-order valence-electron chi connectivity index (χ1n) is 7.77. The van der Waals surface area contributed by atoms with Crippen LogP contribution >= 0.6 is 0 Å². The number of aromatic amines is 1. The molecule has 1 saturated heterocycles. The molecule has 0 bridgehead atoms. The Bertz CT molecular complexity index is 586. The van der Waals surface area contributed by atoms with Gasteiger partial charge in [0.05, 0.1) is 6.61 Å². The maximum atomic E-state index is 12.7. The van der Waals surface area contributed by atoms with Crippen LogP contribution in [-0.2, 0) is 14.9 Å². The van der Waals surface area contributed by atoms with Gasteiger partial charge in [-0.15, -0.1) is 0 Å². The molecule has 2 heterocycles. The molecule has 0 aromatic carbocycles. The molecule has 1 aliphatic rings. The Morgan fingerprint density at radius 2 is 2.17 bits per heavy atom. The third kappa shape index (κ3) is 3.55. The highest BCUT2D eigenvalue weighted by molar-refractivity contribution is 5.93. The average Bonchev–Trinajstić information content (AvgIpc) is 2.96. The van der Waals surface area contributed by atoms with Gasteiger partial charge < -0.3 is 14.7 Å². The normalized spacial score (nSPS) is 22.2. The molecule has 7 nitrogen and oxygen atoms in total. The second kappa shape index (κ2) is 6.31. The summed E-state index contributed by atoms with van der Waals surface area (Å²) in [5.74, 6) is -1.16. The summed E-state index contributed by atoms with van der Waals surface area (Å²) in [5.41, 5.74) is 0.0351. The Hall–Kier alpha value is -1.89. The van der Waals surface area contributed by atoms with E-state index in [1.165, 1.54) is 7.11 Å². The van der Waals surface area contributed by atoms with E-state index in [9.17, 15) is 14.7 Å². The van der Waals surface area contributed by atoms with Gasteiger partial charge in [-0.2, -0.15) is 5.10 Å². The Morgan fingerprint density at radius 3 is 2.70 bits per heavy atom. The van der Waals surface area contributed by atoms with Crippen LogP contribution in [0.5, 0.6) is 0 Å². The van der Waals surface area contributed by atoms with Gasteiger partial charge in [-0.25, -0.2) is 0 Å². The first-order valence-corrected chi connectivity index (χ1v) is 7.77. The molecule has 0 aliphatic carbocycles. The number of nitrogens with one attached hydrogen (secondary N) is 1. The van der Waals surface area contributed by atoms with Gasteiger partial charge in [-0.3, -0.25) is 14.7 Å². The van der Waals surface area contributed by atoms with Crippen molar-refractivity contribution < 1.29 is 19.4 Å². The predicted molar refractivity (Wildman–Crippen MR) is 84.4 cm³/mol. The smallest absolute Gasteiger partial charge is 0.313 e. The molecular formula is C16H25N3O4. The number of aromatic nitrogens is 2. The fraction of sp³-hybridized carbons (Fsp3) is 0.688. The Kier molecular flexibility index (Phi) is 4.79. The molecule has 0 saturated carbocycles. The van der Waals surface area contributed by atoms with Crippen molar-refractivity contribution in [2.24, 2.45) is 5.41 Å². The first-order chi connectivity index (χ1) is 10.7. The number of aliphatic carboxylic acids is 1. The third-order valence-corrected chi connectivity index (χ3v) is 4.34. The highest BCUT2D eigenvalue weighted by atomic mass is 16.5. The van der Waals surface area contributed by atoms with E-state index in [0.717, 1.165) is 5.69 Å². The van der Waals surface area contributed by atoms with E-state index in [4.69, 9.17) is 4.74 Å². The summed E-state index contributed by atoms with van der Waals surface area (Å²) in [6.07, 6.45) is 1.14. The van der Waals surface area contributed by atoms with Crippen LogP contribution in [-0.4, -0.2) is 58.9 Å². The number of carbonyl (C=O) groups is 2. The molecule has 2 N–H and O–H groups in total. The number of carbonyl (C=O) groups excluding carboxylic acids is 1. The maximum absolute atomic E-state index is 12.7. The molecule has 23 heavy (non-hydrogen) atoms. The van der Waals surface area contributed by atoms with Gasteiger partial charge in [-0.05, 0) is 18.9 Å². The van der Waals surface area contributed by atoms with Crippen molar-refractivity contribution in [2.45, 2.75) is 39.0 Å². The van der Waals surface area contributed by atoms with E-state index in [1.807, 2.05) is 20.8 Å². The molecule has 0 radical (unpaired) electrons. The Balaban J connectivity index is 2.19. The summed E-state index contributed by atoms with van der Waals surface area (Å²) >= 11 is 0. The van der Waals surface area contributed by atoms with Crippen molar-refractivity contribution in [1.29, 1.82) is 0 Å². The zero-order chi connectivity index (χ0) is 17.3. The summed E-state index contributed by atoms with van der Waals surface area (Å²) in [6, 6.07) is 1.75. The number of carboxylic acids is 1. The van der Waals surface area contributed by atoms with Crippen LogP contribution in [0.2, 0.25) is 0 Å². The summed E-state index contributed by atoms with van der Waals surface area (Å²) in [4.78, 5) is 25.9. The van der Waals surface area contributed by atoms with E-state index in [1.54, 1.807) is 11.0 Å². The number of rotatable bonds is 4. The first kappa shape index (κ1) is 17.5. The van der Waals surface area contributed by atoms with Gasteiger partial charge in [0.15, 0.2) is 0 Å². The fourth-order valence-electron chi connectivity index (χ4n) is 2.91. The van der Waals surface area contributed by atoms with Crippen LogP contribution in [0.1, 0.15) is 49.8 Å². The van der Waals surface area contributed by atoms with Gasteiger partial charge in [-0.1, -0.05) is 20.8 Å². The molecule has 1 aromatic heterocycles. The SMILES string of the molecule is COCC1(C(=O)O)CCCN(C(=O)c2cc(C(C)(C)C)[nH]n2)C1. The van der Waals surface area contributed by atoms with E-state index >= 15 is 0 Å². The van der Waals surface area contributed by atoms with Crippen LogP contribution in [0.15, 0.2) is 6.07 Å². The Labute approximate surface area is 136 Å². The lowest BCUT2D eigenvalue weighted by atomic mass is 9.80. The van der Waals surface area contributed by atoms with Gasteiger partial charge in [0.1, 0.15) is 11.1 Å². The fourth-order valence-corrected chi connectivity index (χ4v) is 2.91. The lowest BCUT2D eigenvalue weighted by Crippen LogP contribution is -2.52. The second-order valence-electron chi connectivity index (χ2n) is 7.27. The van der Waals surface area contributed by atoms with Gasteiger partial charge in [0.2, 0.25) is 0 Å². The maximum Gasteiger partial charge on any atom is 0.313 e. The van der Waals surface area contributed by atoms with Crippen molar-refractivity contribution >= 4 is 11.9 Å². The van der Waals surface area contributed by atoms with Crippen molar-refractivity contribution in [3.8, 4) is 0 Å². The molecular weight excluding hydrogens is 298 g/mol. The molecule has 1 aromatic rings. The lowest BCUT2D eigenvalue weighted by Gasteiger charge is -2.39. The zero-order valence-electron chi connectivity index (χ0n) is 14.2. The van der Waals surface area contributed by atoms with Crippen LogP contribution < -0.4 is 0 Å². The monoisotopic (exact) mass is 323 g/mol. The molecule has 0 spiro atoms. The second-order valence-corrected chi connectivity index (χ2v) is 7.27. The molecule has 1 aliphatic heterocycles. The topological polar surface area (TPSA) is 95.5 Å². The number of piperidine rings is 1. The minimum atomic E-state index is -1.04. The largest absolute Gasteiger partial charge is 0.481 e. The number of hydrogen-bond donors (Lipinski definition) is 2. The molecule has 1 atom stereocenters. The summed E-state index contributed by atoms with van der Waals surface area (Å²) in [5, 5.41) is 16.6. The van der Waals surface area contributed by atoms with E-state index in [2.05, 4.69) is 10.2 Å². The number of likely N-dealkylation sites (tertiary alicyclic amines) is 1. The van der Waals surface area contributed by atoms with Crippen LogP contribution in [0.25, 0.3) is 0 Å². The molecule has 1 unspecified atom stereocenters. The zero-order valence-corrected chi connectivity index (χ0v) is 14.2. The summed E-state index contributed by atoms with van der Waals surface area (Å²) < 4.78 is 5.09. The van der Waals surface area contributed by atoms with Crippen LogP contribution in [0.4, 0.5) is 0 Å². The van der Waals surface area contributed by atoms with Gasteiger partial charge >= 0.3 is 5.97 Å². The average molecular weight is 323 g/mol. The predicted octanol–water partition coefficient (Wildman–Crippen LogP) is 1.66. The Morgan fingerprint density at radius 1 is 1.48 bits per heavy atom. The number of hydrogen-bond acceptors (Lipinski definition) is 4. The quantitative estimate of drug-likeness (QED) is 0.878. The third-order valence-electron chi connectivity index (χ3n) is 4.34. The highest BCUT2D eigenvalue weighted by Gasteiger charge is 2.44. The highest BCUT2D eigenvalue weighted by Crippen LogP contribution is 2.31. The van der Waals surface area contributed by atoms with Crippen molar-refractivity contribution in [3.63, 3.8) is 0 Å². The molecule has 2 rings (SSSR count). The minimum Gasteiger partial charge on any atom is -0.481 e. The van der Waals surface area contributed by atoms with Crippen molar-refractivity contribution in [1.82, 2.24) is 15.1 Å². The summed E-state index contributed by atoms with van der Waals surface area (Å²) in [6.45, 7) is 6.87. The van der Waals surface area contributed by atoms with E-state index in [-0.39, 0.29) is 24.5 Å². The number of methoxy groups -OCH3 is 1. The number of amides is 1. The lowest BCUT2D eigenvalue weighted by molar-refractivity contribution is -0.155. The van der Waals surface area contributed by atoms with E-state index < -0.39 is 11.4 Å².